The highest BCUT2D eigenvalue weighted by atomic mass is 35.5. The lowest BCUT2D eigenvalue weighted by Crippen LogP contribution is -2.38. The van der Waals surface area contributed by atoms with Crippen molar-refractivity contribution in [2.24, 2.45) is 0 Å². The Kier molecular flexibility index (Phi) is 9.80. The molecule has 0 saturated carbocycles. The zero-order valence-electron chi connectivity index (χ0n) is 11.0. The molecule has 16 heavy (non-hydrogen) atoms. The van der Waals surface area contributed by atoms with Crippen LogP contribution in [0.25, 0.3) is 0 Å². The number of nitrogens with zero attached hydrogens (tertiary/aromatic N) is 1. The molecule has 0 rings (SSSR count). The fourth-order valence-corrected chi connectivity index (χ4v) is 1.97. The van der Waals surface area contributed by atoms with Crippen molar-refractivity contribution in [3.8, 4) is 0 Å². The van der Waals surface area contributed by atoms with Crippen molar-refractivity contribution >= 4 is 17.5 Å². The van der Waals surface area contributed by atoms with Gasteiger partial charge in [-0.1, -0.05) is 32.6 Å². The van der Waals surface area contributed by atoms with E-state index in [1.807, 2.05) is 18.7 Å². The van der Waals surface area contributed by atoms with Crippen molar-refractivity contribution in [2.45, 2.75) is 65.3 Å². The van der Waals surface area contributed by atoms with Gasteiger partial charge in [0.05, 0.1) is 0 Å². The van der Waals surface area contributed by atoms with E-state index >= 15 is 0 Å². The Balaban J connectivity index is 3.74. The van der Waals surface area contributed by atoms with Gasteiger partial charge in [0, 0.05) is 24.9 Å². The molecule has 96 valence electrons. The fourth-order valence-electron chi connectivity index (χ4n) is 1.79. The van der Waals surface area contributed by atoms with Crippen LogP contribution >= 0.6 is 11.6 Å². The molecule has 0 radical (unpaired) electrons. The summed E-state index contributed by atoms with van der Waals surface area (Å²) in [6.45, 7) is 6.96. The summed E-state index contributed by atoms with van der Waals surface area (Å²) in [6, 6.07) is 0.266. The third kappa shape index (κ3) is 7.10. The second kappa shape index (κ2) is 9.95. The monoisotopic (exact) mass is 247 g/mol. The quantitative estimate of drug-likeness (QED) is 0.448. The van der Waals surface area contributed by atoms with Gasteiger partial charge in [-0.25, -0.2) is 0 Å². The molecule has 3 heteroatoms. The van der Waals surface area contributed by atoms with Crippen LogP contribution in [-0.2, 0) is 4.79 Å². The predicted molar refractivity (Wildman–Crippen MR) is 70.9 cm³/mol. The Morgan fingerprint density at radius 3 is 2.31 bits per heavy atom. The highest BCUT2D eigenvalue weighted by Crippen LogP contribution is 2.09. The van der Waals surface area contributed by atoms with Gasteiger partial charge >= 0.3 is 0 Å². The Morgan fingerprint density at radius 1 is 1.19 bits per heavy atom. The summed E-state index contributed by atoms with van der Waals surface area (Å²) in [4.78, 5) is 13.8. The Hall–Kier alpha value is -0.240. The molecule has 0 saturated heterocycles. The van der Waals surface area contributed by atoms with Crippen LogP contribution < -0.4 is 0 Å². The van der Waals surface area contributed by atoms with Gasteiger partial charge in [0.1, 0.15) is 0 Å². The zero-order chi connectivity index (χ0) is 12.4. The van der Waals surface area contributed by atoms with Crippen LogP contribution in [0.5, 0.6) is 0 Å². The summed E-state index contributed by atoms with van der Waals surface area (Å²) >= 11 is 5.69. The van der Waals surface area contributed by atoms with Crippen LogP contribution in [0.4, 0.5) is 0 Å². The average Bonchev–Trinajstić information content (AvgIpc) is 2.24. The molecular weight excluding hydrogens is 222 g/mol. The highest BCUT2D eigenvalue weighted by Gasteiger charge is 2.15. The average molecular weight is 248 g/mol. The number of amides is 1. The molecule has 0 aliphatic heterocycles. The van der Waals surface area contributed by atoms with Gasteiger partial charge in [-0.15, -0.1) is 11.6 Å². The maximum absolute atomic E-state index is 11.9. The van der Waals surface area contributed by atoms with E-state index < -0.39 is 0 Å². The lowest BCUT2D eigenvalue weighted by molar-refractivity contribution is -0.132. The fraction of sp³-hybridized carbons (Fsp3) is 0.923. The summed E-state index contributed by atoms with van der Waals surface area (Å²) in [5.41, 5.74) is 0. The van der Waals surface area contributed by atoms with E-state index in [4.69, 9.17) is 11.6 Å². The molecule has 0 bridgehead atoms. The van der Waals surface area contributed by atoms with E-state index in [2.05, 4.69) is 6.92 Å². The van der Waals surface area contributed by atoms with Crippen LogP contribution in [0.3, 0.4) is 0 Å². The van der Waals surface area contributed by atoms with Gasteiger partial charge in [-0.2, -0.15) is 0 Å². The van der Waals surface area contributed by atoms with Crippen LogP contribution in [-0.4, -0.2) is 29.3 Å². The summed E-state index contributed by atoms with van der Waals surface area (Å²) in [7, 11) is 0. The number of carbonyl (C=O) groups is 1. The number of unbranched alkanes of at least 4 members (excludes halogenated alkanes) is 4. The van der Waals surface area contributed by atoms with Gasteiger partial charge in [-0.05, 0) is 20.3 Å². The first-order valence-corrected chi connectivity index (χ1v) is 7.02. The van der Waals surface area contributed by atoms with Gasteiger partial charge in [0.25, 0.3) is 0 Å². The molecule has 0 aliphatic rings. The first-order valence-electron chi connectivity index (χ1n) is 6.48. The standard InChI is InChI=1S/C13H26ClNO/c1-4-5-6-7-8-9-13(16)15(11-10-14)12(2)3/h12H,4-11H2,1-3H3. The van der Waals surface area contributed by atoms with E-state index in [1.54, 1.807) is 0 Å². The molecule has 0 aliphatic carbocycles. The maximum Gasteiger partial charge on any atom is 0.222 e. The molecule has 2 nitrogen and oxygen atoms in total. The molecule has 0 unspecified atom stereocenters. The number of halogens is 1. The highest BCUT2D eigenvalue weighted by molar-refractivity contribution is 6.18. The van der Waals surface area contributed by atoms with Crippen LogP contribution in [0, 0.1) is 0 Å². The third-order valence-electron chi connectivity index (χ3n) is 2.76. The number of carbonyl (C=O) groups excluding carboxylic acids is 1. The summed E-state index contributed by atoms with van der Waals surface area (Å²) in [5, 5.41) is 0. The van der Waals surface area contributed by atoms with Crippen molar-refractivity contribution in [1.82, 2.24) is 4.90 Å². The molecular formula is C13H26ClNO. The first-order chi connectivity index (χ1) is 7.63. The molecule has 0 N–H and O–H groups in total. The minimum atomic E-state index is 0.257. The Labute approximate surface area is 105 Å². The molecule has 0 aromatic carbocycles. The second-order valence-corrected chi connectivity index (χ2v) is 4.91. The van der Waals surface area contributed by atoms with Crippen molar-refractivity contribution in [3.63, 3.8) is 0 Å². The molecule has 0 heterocycles. The second-order valence-electron chi connectivity index (χ2n) is 4.53. The first kappa shape index (κ1) is 15.8. The smallest absolute Gasteiger partial charge is 0.222 e. The zero-order valence-corrected chi connectivity index (χ0v) is 11.7. The minimum Gasteiger partial charge on any atom is -0.339 e. The van der Waals surface area contributed by atoms with E-state index in [1.165, 1.54) is 25.7 Å². The van der Waals surface area contributed by atoms with Crippen molar-refractivity contribution in [2.75, 3.05) is 12.4 Å². The molecule has 0 spiro atoms. The van der Waals surface area contributed by atoms with Crippen molar-refractivity contribution < 1.29 is 4.79 Å². The Bertz CT molecular complexity index is 183. The van der Waals surface area contributed by atoms with Crippen molar-refractivity contribution in [3.05, 3.63) is 0 Å². The predicted octanol–water partition coefficient (Wildman–Crippen LogP) is 3.82. The largest absolute Gasteiger partial charge is 0.339 e. The van der Waals surface area contributed by atoms with E-state index in [9.17, 15) is 4.79 Å². The lowest BCUT2D eigenvalue weighted by atomic mass is 10.1. The maximum atomic E-state index is 11.9. The summed E-state index contributed by atoms with van der Waals surface area (Å²) < 4.78 is 0. The van der Waals surface area contributed by atoms with E-state index in [-0.39, 0.29) is 11.9 Å². The number of hydrogen-bond acceptors (Lipinski definition) is 1. The number of rotatable bonds is 9. The SMILES string of the molecule is CCCCCCCC(=O)N(CCCl)C(C)C. The molecule has 0 aromatic rings. The van der Waals surface area contributed by atoms with Gasteiger partial charge in [0.2, 0.25) is 5.91 Å². The van der Waals surface area contributed by atoms with Crippen molar-refractivity contribution in [1.29, 1.82) is 0 Å². The summed E-state index contributed by atoms with van der Waals surface area (Å²) in [5.74, 6) is 0.784. The van der Waals surface area contributed by atoms with E-state index in [0.29, 0.717) is 18.8 Å². The summed E-state index contributed by atoms with van der Waals surface area (Å²) in [6.07, 6.45) is 6.65. The Morgan fingerprint density at radius 2 is 1.81 bits per heavy atom. The molecule has 0 aromatic heterocycles. The van der Waals surface area contributed by atoms with Gasteiger partial charge in [-0.3, -0.25) is 4.79 Å². The van der Waals surface area contributed by atoms with Crippen LogP contribution in [0.15, 0.2) is 0 Å². The van der Waals surface area contributed by atoms with Crippen LogP contribution in [0.1, 0.15) is 59.3 Å². The van der Waals surface area contributed by atoms with Crippen LogP contribution in [0.2, 0.25) is 0 Å². The minimum absolute atomic E-state index is 0.257. The lowest BCUT2D eigenvalue weighted by Gasteiger charge is -2.25. The van der Waals surface area contributed by atoms with Gasteiger partial charge in [0.15, 0.2) is 0 Å². The topological polar surface area (TPSA) is 20.3 Å². The number of alkyl halides is 1. The molecule has 1 amide bonds. The normalized spacial score (nSPS) is 10.8. The van der Waals surface area contributed by atoms with E-state index in [0.717, 1.165) is 6.42 Å². The third-order valence-corrected chi connectivity index (χ3v) is 2.93. The molecule has 0 atom stereocenters. The van der Waals surface area contributed by atoms with Gasteiger partial charge < -0.3 is 4.90 Å². The molecule has 0 fully saturated rings. The number of hydrogen-bond donors (Lipinski definition) is 0.